The number of fused-ring (bicyclic) bond motifs is 1. The number of rotatable bonds is 3. The largest absolute Gasteiger partial charge is 0.317 e. The molecule has 1 heterocycles. The summed E-state index contributed by atoms with van der Waals surface area (Å²) in [5, 5.41) is 4.12. The van der Waals surface area contributed by atoms with Crippen LogP contribution in [0.1, 0.15) is 21.3 Å². The molecule has 0 radical (unpaired) electrons. The van der Waals surface area contributed by atoms with E-state index < -0.39 is 6.04 Å². The highest BCUT2D eigenvalue weighted by Gasteiger charge is 2.18. The van der Waals surface area contributed by atoms with Gasteiger partial charge in [-0.3, -0.25) is 4.79 Å². The Labute approximate surface area is 115 Å². The summed E-state index contributed by atoms with van der Waals surface area (Å²) in [7, 11) is 0. The van der Waals surface area contributed by atoms with Crippen LogP contribution in [0.2, 0.25) is 0 Å². The van der Waals surface area contributed by atoms with E-state index in [0.717, 1.165) is 15.6 Å². The van der Waals surface area contributed by atoms with Crippen LogP contribution in [0, 0.1) is 0 Å². The van der Waals surface area contributed by atoms with Gasteiger partial charge in [0.2, 0.25) is 0 Å². The lowest BCUT2D eigenvalue weighted by Gasteiger charge is -2.09. The number of Topliss-reactive ketones (excluding diaryl/α,β-unsaturated/α-hetero) is 1. The smallest absolute Gasteiger partial charge is 0.184 e. The van der Waals surface area contributed by atoms with Crippen molar-refractivity contribution in [1.82, 2.24) is 0 Å². The van der Waals surface area contributed by atoms with Crippen LogP contribution in [0.15, 0.2) is 60.0 Å². The van der Waals surface area contributed by atoms with Crippen molar-refractivity contribution in [2.75, 3.05) is 0 Å². The Morgan fingerprint density at radius 2 is 1.79 bits per heavy atom. The summed E-state index contributed by atoms with van der Waals surface area (Å²) >= 11 is 1.51. The average molecular weight is 267 g/mol. The molecule has 3 heteroatoms. The third-order valence-electron chi connectivity index (χ3n) is 3.17. The lowest BCUT2D eigenvalue weighted by Crippen LogP contribution is -2.20. The molecule has 1 atom stereocenters. The molecular weight excluding hydrogens is 254 g/mol. The maximum atomic E-state index is 12.4. The number of hydrogen-bond donors (Lipinski definition) is 1. The van der Waals surface area contributed by atoms with E-state index in [1.165, 1.54) is 11.3 Å². The average Bonchev–Trinajstić information content (AvgIpc) is 2.99. The van der Waals surface area contributed by atoms with Gasteiger partial charge < -0.3 is 5.73 Å². The van der Waals surface area contributed by atoms with E-state index in [2.05, 4.69) is 0 Å². The Kier molecular flexibility index (Phi) is 3.15. The zero-order valence-electron chi connectivity index (χ0n) is 10.2. The topological polar surface area (TPSA) is 43.1 Å². The minimum Gasteiger partial charge on any atom is -0.317 e. The maximum absolute atomic E-state index is 12.4. The summed E-state index contributed by atoms with van der Waals surface area (Å²) < 4.78 is 0. The maximum Gasteiger partial charge on any atom is 0.184 e. The van der Waals surface area contributed by atoms with Gasteiger partial charge in [-0.1, -0.05) is 42.5 Å². The summed E-state index contributed by atoms with van der Waals surface area (Å²) in [5.41, 5.74) is 6.69. The fraction of sp³-hybridized carbons (Fsp3) is 0.0625. The molecule has 0 saturated heterocycles. The van der Waals surface area contributed by atoms with Crippen molar-refractivity contribution in [1.29, 1.82) is 0 Å². The first-order chi connectivity index (χ1) is 9.25. The molecule has 0 saturated carbocycles. The van der Waals surface area contributed by atoms with Gasteiger partial charge >= 0.3 is 0 Å². The molecule has 1 unspecified atom stereocenters. The molecule has 3 aromatic rings. The van der Waals surface area contributed by atoms with Crippen LogP contribution in [0.3, 0.4) is 0 Å². The van der Waals surface area contributed by atoms with Crippen LogP contribution in [0.5, 0.6) is 0 Å². The van der Waals surface area contributed by atoms with Gasteiger partial charge in [0.25, 0.3) is 0 Å². The first-order valence-electron chi connectivity index (χ1n) is 6.08. The van der Waals surface area contributed by atoms with Crippen LogP contribution >= 0.6 is 11.3 Å². The molecule has 3 rings (SSSR count). The Morgan fingerprint density at radius 1 is 1.00 bits per heavy atom. The van der Waals surface area contributed by atoms with Crippen LogP contribution in [-0.2, 0) is 0 Å². The highest BCUT2D eigenvalue weighted by Crippen LogP contribution is 2.23. The molecule has 2 N–H and O–H groups in total. The minimum absolute atomic E-state index is 0.0341. The molecule has 1 aromatic heterocycles. The zero-order chi connectivity index (χ0) is 13.2. The first kappa shape index (κ1) is 12.1. The Morgan fingerprint density at radius 3 is 2.53 bits per heavy atom. The number of nitrogens with two attached hydrogens (primary N) is 1. The third kappa shape index (κ3) is 2.30. The van der Waals surface area contributed by atoms with Gasteiger partial charge in [-0.25, -0.2) is 0 Å². The number of carbonyl (C=O) groups excluding carboxylic acids is 1. The molecule has 0 aliphatic carbocycles. The second kappa shape index (κ2) is 4.96. The lowest BCUT2D eigenvalue weighted by atomic mass is 10.00. The van der Waals surface area contributed by atoms with Gasteiger partial charge in [0.1, 0.15) is 6.04 Å². The molecule has 2 nitrogen and oxygen atoms in total. The summed E-state index contributed by atoms with van der Waals surface area (Å²) in [6.45, 7) is 0. The molecule has 0 spiro atoms. The molecular formula is C16H13NOS. The number of benzene rings is 2. The van der Waals surface area contributed by atoms with Crippen molar-refractivity contribution in [2.45, 2.75) is 6.04 Å². The molecule has 94 valence electrons. The van der Waals surface area contributed by atoms with E-state index >= 15 is 0 Å². The molecule has 0 aliphatic rings. The monoisotopic (exact) mass is 267 g/mol. The van der Waals surface area contributed by atoms with Crippen molar-refractivity contribution in [3.05, 3.63) is 70.4 Å². The van der Waals surface area contributed by atoms with Crippen LogP contribution in [0.25, 0.3) is 10.8 Å². The van der Waals surface area contributed by atoms with Gasteiger partial charge in [-0.15, -0.1) is 11.3 Å². The fourth-order valence-electron chi connectivity index (χ4n) is 2.12. The van der Waals surface area contributed by atoms with Gasteiger partial charge in [0, 0.05) is 10.4 Å². The van der Waals surface area contributed by atoms with Crippen molar-refractivity contribution in [3.8, 4) is 0 Å². The highest BCUT2D eigenvalue weighted by atomic mass is 32.1. The second-order valence-corrected chi connectivity index (χ2v) is 5.40. The van der Waals surface area contributed by atoms with Gasteiger partial charge in [0.15, 0.2) is 5.78 Å². The number of carbonyl (C=O) groups is 1. The Bertz CT molecular complexity index is 718. The molecule has 2 aromatic carbocycles. The predicted molar refractivity (Wildman–Crippen MR) is 79.5 cm³/mol. The van der Waals surface area contributed by atoms with Crippen molar-refractivity contribution in [3.63, 3.8) is 0 Å². The van der Waals surface area contributed by atoms with Crippen molar-refractivity contribution in [2.24, 2.45) is 5.73 Å². The standard InChI is InChI=1S/C16H13NOS/c17-15(14-6-3-9-19-14)16(18)13-8-7-11-4-1-2-5-12(11)10-13/h1-10,15H,17H2. The molecule has 19 heavy (non-hydrogen) atoms. The van der Waals surface area contributed by atoms with E-state index in [1.54, 1.807) is 0 Å². The number of ketones is 1. The lowest BCUT2D eigenvalue weighted by molar-refractivity contribution is 0.0963. The Balaban J connectivity index is 1.97. The van der Waals surface area contributed by atoms with Gasteiger partial charge in [-0.05, 0) is 28.3 Å². The predicted octanol–water partition coefficient (Wildman–Crippen LogP) is 3.78. The van der Waals surface area contributed by atoms with E-state index in [1.807, 2.05) is 60.0 Å². The zero-order valence-corrected chi connectivity index (χ0v) is 11.1. The van der Waals surface area contributed by atoms with Crippen LogP contribution in [0.4, 0.5) is 0 Å². The molecule has 0 bridgehead atoms. The third-order valence-corrected chi connectivity index (χ3v) is 4.12. The van der Waals surface area contributed by atoms with Crippen LogP contribution in [-0.4, -0.2) is 5.78 Å². The Hall–Kier alpha value is -1.97. The number of thiophene rings is 1. The molecule has 0 fully saturated rings. The second-order valence-electron chi connectivity index (χ2n) is 4.42. The van der Waals surface area contributed by atoms with Crippen molar-refractivity contribution >= 4 is 27.9 Å². The first-order valence-corrected chi connectivity index (χ1v) is 6.96. The van der Waals surface area contributed by atoms with E-state index in [9.17, 15) is 4.79 Å². The molecule has 0 aliphatic heterocycles. The summed E-state index contributed by atoms with van der Waals surface area (Å²) in [5.74, 6) is -0.0341. The fourth-order valence-corrected chi connectivity index (χ4v) is 2.84. The van der Waals surface area contributed by atoms with Crippen molar-refractivity contribution < 1.29 is 4.79 Å². The summed E-state index contributed by atoms with van der Waals surface area (Å²) in [6.07, 6.45) is 0. The van der Waals surface area contributed by atoms with Gasteiger partial charge in [0.05, 0.1) is 0 Å². The summed E-state index contributed by atoms with van der Waals surface area (Å²) in [6, 6.07) is 16.9. The van der Waals surface area contributed by atoms with E-state index in [0.29, 0.717) is 5.56 Å². The van der Waals surface area contributed by atoms with E-state index in [4.69, 9.17) is 5.73 Å². The normalized spacial score (nSPS) is 12.5. The van der Waals surface area contributed by atoms with E-state index in [-0.39, 0.29) is 5.78 Å². The van der Waals surface area contributed by atoms with Gasteiger partial charge in [-0.2, -0.15) is 0 Å². The minimum atomic E-state index is -0.568. The quantitative estimate of drug-likeness (QED) is 0.734. The SMILES string of the molecule is NC(C(=O)c1ccc2ccccc2c1)c1cccs1. The number of hydrogen-bond acceptors (Lipinski definition) is 3. The molecule has 0 amide bonds. The summed E-state index contributed by atoms with van der Waals surface area (Å²) in [4.78, 5) is 13.3. The van der Waals surface area contributed by atoms with Crippen LogP contribution < -0.4 is 5.73 Å². The highest BCUT2D eigenvalue weighted by molar-refractivity contribution is 7.10.